The lowest BCUT2D eigenvalue weighted by atomic mass is 9.99. The fourth-order valence-electron chi connectivity index (χ4n) is 4.00. The van der Waals surface area contributed by atoms with Gasteiger partial charge in [-0.3, -0.25) is 9.59 Å². The quantitative estimate of drug-likeness (QED) is 0.497. The fourth-order valence-corrected chi connectivity index (χ4v) is 6.38. The number of sulfonamides is 1. The lowest BCUT2D eigenvalue weighted by molar-refractivity contribution is 0.101. The lowest BCUT2D eigenvalue weighted by Crippen LogP contribution is -2.37. The van der Waals surface area contributed by atoms with Crippen LogP contribution in [0.15, 0.2) is 47.4 Å². The minimum Gasteiger partial charge on any atom is -0.454 e. The van der Waals surface area contributed by atoms with Crippen LogP contribution in [0.3, 0.4) is 0 Å². The second-order valence-electron chi connectivity index (χ2n) is 8.23. The number of carbonyl (C=O) groups is 2. The number of aromatic nitrogens is 2. The molecule has 0 radical (unpaired) electrons. The largest absolute Gasteiger partial charge is 0.454 e. The normalized spacial score (nSPS) is 16.3. The van der Waals surface area contributed by atoms with Gasteiger partial charge in [-0.1, -0.05) is 23.5 Å². The summed E-state index contributed by atoms with van der Waals surface area (Å²) in [5, 5.41) is 12.0. The molecule has 2 aromatic carbocycles. The molecule has 1 aromatic heterocycles. The van der Waals surface area contributed by atoms with E-state index in [2.05, 4.69) is 15.5 Å². The number of Topliss-reactive ketones (excluding diaryl/α,β-unsaturated/α-hetero) is 1. The van der Waals surface area contributed by atoms with E-state index in [-0.39, 0.29) is 34.3 Å². The number of rotatable bonds is 6. The first-order valence-electron chi connectivity index (χ1n) is 11.0. The zero-order valence-corrected chi connectivity index (χ0v) is 20.4. The number of nitrogens with one attached hydrogen (secondary N) is 1. The molecule has 2 aliphatic heterocycles. The first-order valence-corrected chi connectivity index (χ1v) is 13.2. The summed E-state index contributed by atoms with van der Waals surface area (Å²) in [6, 6.07) is 11.1. The second-order valence-corrected chi connectivity index (χ2v) is 11.2. The van der Waals surface area contributed by atoms with E-state index in [1.165, 1.54) is 46.8 Å². The van der Waals surface area contributed by atoms with Crippen LogP contribution in [0.1, 0.15) is 50.9 Å². The molecule has 0 spiro atoms. The van der Waals surface area contributed by atoms with E-state index in [9.17, 15) is 18.0 Å². The predicted octanol–water partition coefficient (Wildman–Crippen LogP) is 3.29. The van der Waals surface area contributed by atoms with E-state index in [0.717, 1.165) is 0 Å². The Morgan fingerprint density at radius 1 is 1.03 bits per heavy atom. The topological polar surface area (TPSA) is 128 Å². The maximum absolute atomic E-state index is 13.0. The monoisotopic (exact) mass is 514 g/mol. The van der Waals surface area contributed by atoms with Gasteiger partial charge in [0.1, 0.15) is 5.01 Å². The standard InChI is InChI=1S/C23H22N4O6S2/c1-14(28)15-2-5-18(6-3-15)35(30,31)27-10-8-16(9-11-27)22-25-26-23(34-22)21(29)24-17-4-7-19-20(12-17)33-13-32-19/h2-7,12,16H,8-11,13H2,1H3,(H,24,29). The number of benzene rings is 2. The Balaban J connectivity index is 1.20. The zero-order chi connectivity index (χ0) is 24.6. The molecule has 2 aliphatic rings. The molecule has 1 N–H and O–H groups in total. The Kier molecular flexibility index (Phi) is 6.26. The zero-order valence-electron chi connectivity index (χ0n) is 18.8. The van der Waals surface area contributed by atoms with Crippen molar-refractivity contribution in [2.45, 2.75) is 30.6 Å². The molecule has 1 fully saturated rings. The third-order valence-electron chi connectivity index (χ3n) is 5.97. The predicted molar refractivity (Wildman–Crippen MR) is 128 cm³/mol. The number of anilines is 1. The van der Waals surface area contributed by atoms with Gasteiger partial charge in [-0.25, -0.2) is 8.42 Å². The number of carbonyl (C=O) groups excluding carboxylic acids is 2. The van der Waals surface area contributed by atoms with Gasteiger partial charge in [0.15, 0.2) is 17.3 Å². The summed E-state index contributed by atoms with van der Waals surface area (Å²) in [7, 11) is -3.65. The highest BCUT2D eigenvalue weighted by Gasteiger charge is 2.32. The van der Waals surface area contributed by atoms with Gasteiger partial charge >= 0.3 is 0 Å². The molecule has 0 aliphatic carbocycles. The highest BCUT2D eigenvalue weighted by Crippen LogP contribution is 2.35. The van der Waals surface area contributed by atoms with Crippen LogP contribution in [-0.4, -0.2) is 54.5 Å². The van der Waals surface area contributed by atoms with Crippen molar-refractivity contribution in [2.24, 2.45) is 0 Å². The van der Waals surface area contributed by atoms with E-state index in [0.29, 0.717) is 53.7 Å². The van der Waals surface area contributed by atoms with Crippen LogP contribution in [0.25, 0.3) is 0 Å². The molecule has 0 bridgehead atoms. The first kappa shape index (κ1) is 23.4. The summed E-state index contributed by atoms with van der Waals surface area (Å²) in [6.45, 7) is 2.26. The minimum absolute atomic E-state index is 0.0196. The first-order chi connectivity index (χ1) is 16.8. The Hall–Kier alpha value is -3.35. The van der Waals surface area contributed by atoms with Crippen molar-refractivity contribution in [1.29, 1.82) is 0 Å². The summed E-state index contributed by atoms with van der Waals surface area (Å²) in [4.78, 5) is 24.2. The number of amides is 1. The molecule has 182 valence electrons. The van der Waals surface area contributed by atoms with Gasteiger partial charge in [-0.05, 0) is 44.0 Å². The maximum atomic E-state index is 13.0. The highest BCUT2D eigenvalue weighted by molar-refractivity contribution is 7.89. The SMILES string of the molecule is CC(=O)c1ccc(S(=O)(=O)N2CCC(c3nnc(C(=O)Nc4ccc5c(c4)OCO5)s3)CC2)cc1. The van der Waals surface area contributed by atoms with Crippen molar-refractivity contribution in [3.63, 3.8) is 0 Å². The van der Waals surface area contributed by atoms with Crippen LogP contribution in [0.4, 0.5) is 5.69 Å². The maximum Gasteiger partial charge on any atom is 0.286 e. The third kappa shape index (κ3) is 4.77. The van der Waals surface area contributed by atoms with Crippen molar-refractivity contribution in [3.8, 4) is 11.5 Å². The van der Waals surface area contributed by atoms with E-state index in [1.54, 1.807) is 18.2 Å². The molecule has 1 saturated heterocycles. The molecule has 35 heavy (non-hydrogen) atoms. The molecule has 1 amide bonds. The van der Waals surface area contributed by atoms with Crippen LogP contribution in [0.2, 0.25) is 0 Å². The summed E-state index contributed by atoms with van der Waals surface area (Å²) in [5.74, 6) is 0.725. The fraction of sp³-hybridized carbons (Fsp3) is 0.304. The average Bonchev–Trinajstić information content (AvgIpc) is 3.54. The molecule has 12 heteroatoms. The van der Waals surface area contributed by atoms with Gasteiger partial charge < -0.3 is 14.8 Å². The summed E-state index contributed by atoms with van der Waals surface area (Å²) < 4.78 is 38.0. The lowest BCUT2D eigenvalue weighted by Gasteiger charge is -2.30. The van der Waals surface area contributed by atoms with E-state index >= 15 is 0 Å². The number of fused-ring (bicyclic) bond motifs is 1. The van der Waals surface area contributed by atoms with Crippen LogP contribution in [-0.2, 0) is 10.0 Å². The number of nitrogens with zero attached hydrogens (tertiary/aromatic N) is 3. The van der Waals surface area contributed by atoms with Crippen molar-refractivity contribution in [2.75, 3.05) is 25.2 Å². The third-order valence-corrected chi connectivity index (χ3v) is 8.96. The van der Waals surface area contributed by atoms with E-state index in [4.69, 9.17) is 9.47 Å². The van der Waals surface area contributed by atoms with E-state index < -0.39 is 10.0 Å². The van der Waals surface area contributed by atoms with Gasteiger partial charge in [-0.15, -0.1) is 10.2 Å². The molecule has 10 nitrogen and oxygen atoms in total. The van der Waals surface area contributed by atoms with Gasteiger partial charge in [0.05, 0.1) is 4.90 Å². The van der Waals surface area contributed by atoms with Crippen LogP contribution >= 0.6 is 11.3 Å². The second kappa shape index (κ2) is 9.36. The van der Waals surface area contributed by atoms with Crippen molar-refractivity contribution in [3.05, 3.63) is 58.0 Å². The Morgan fingerprint density at radius 2 is 1.74 bits per heavy atom. The van der Waals surface area contributed by atoms with Crippen molar-refractivity contribution >= 4 is 38.7 Å². The van der Waals surface area contributed by atoms with Crippen LogP contribution < -0.4 is 14.8 Å². The Morgan fingerprint density at radius 3 is 2.46 bits per heavy atom. The number of hydrogen-bond acceptors (Lipinski definition) is 9. The van der Waals surface area contributed by atoms with Crippen LogP contribution in [0.5, 0.6) is 11.5 Å². The van der Waals surface area contributed by atoms with Gasteiger partial charge in [0.25, 0.3) is 5.91 Å². The van der Waals surface area contributed by atoms with Gasteiger partial charge in [0, 0.05) is 36.3 Å². The Bertz CT molecular complexity index is 1380. The molecular formula is C23H22N4O6S2. The van der Waals surface area contributed by atoms with Crippen molar-refractivity contribution < 1.29 is 27.5 Å². The minimum atomic E-state index is -3.65. The van der Waals surface area contributed by atoms with E-state index in [1.807, 2.05) is 0 Å². The average molecular weight is 515 g/mol. The summed E-state index contributed by atoms with van der Waals surface area (Å²) in [6.07, 6.45) is 1.15. The van der Waals surface area contributed by atoms with Crippen LogP contribution in [0, 0.1) is 0 Å². The summed E-state index contributed by atoms with van der Waals surface area (Å²) in [5.41, 5.74) is 1.03. The summed E-state index contributed by atoms with van der Waals surface area (Å²) >= 11 is 1.21. The highest BCUT2D eigenvalue weighted by atomic mass is 32.2. The van der Waals surface area contributed by atoms with Gasteiger partial charge in [-0.2, -0.15) is 4.31 Å². The molecule has 0 atom stereocenters. The number of ketones is 1. The molecular weight excluding hydrogens is 492 g/mol. The smallest absolute Gasteiger partial charge is 0.286 e. The Labute approximate surface area is 205 Å². The molecule has 5 rings (SSSR count). The van der Waals surface area contributed by atoms with Crippen molar-refractivity contribution in [1.82, 2.24) is 14.5 Å². The molecule has 0 saturated carbocycles. The number of hydrogen-bond donors (Lipinski definition) is 1. The van der Waals surface area contributed by atoms with Gasteiger partial charge in [0.2, 0.25) is 21.8 Å². The molecule has 3 aromatic rings. The number of piperidine rings is 1. The number of ether oxygens (including phenoxy) is 2. The molecule has 3 heterocycles. The molecule has 0 unspecified atom stereocenters.